The van der Waals surface area contributed by atoms with Crippen LogP contribution in [0.1, 0.15) is 37.8 Å². The number of hydrogen-bond donors (Lipinski definition) is 1. The largest absolute Gasteiger partial charge is 0.341 e. The van der Waals surface area contributed by atoms with Gasteiger partial charge in [-0.05, 0) is 22.9 Å². The number of thiophene rings is 1. The Morgan fingerprint density at radius 2 is 1.85 bits per heavy atom. The van der Waals surface area contributed by atoms with Gasteiger partial charge < -0.3 is 14.7 Å². The molecule has 1 aliphatic rings. The minimum absolute atomic E-state index is 0.0734. The maximum Gasteiger partial charge on any atom is 0.249 e. The van der Waals surface area contributed by atoms with E-state index in [1.807, 2.05) is 66.6 Å². The van der Waals surface area contributed by atoms with Crippen LogP contribution in [-0.2, 0) is 16.1 Å². The van der Waals surface area contributed by atoms with Gasteiger partial charge in [-0.3, -0.25) is 14.5 Å². The van der Waals surface area contributed by atoms with E-state index in [1.165, 1.54) is 0 Å². The summed E-state index contributed by atoms with van der Waals surface area (Å²) in [5, 5.41) is 9.00. The third kappa shape index (κ3) is 6.06. The van der Waals surface area contributed by atoms with E-state index >= 15 is 0 Å². The molecule has 0 saturated carbocycles. The van der Waals surface area contributed by atoms with E-state index in [4.69, 9.17) is 4.52 Å². The van der Waals surface area contributed by atoms with Gasteiger partial charge >= 0.3 is 0 Å². The second-order valence-corrected chi connectivity index (χ2v) is 9.55. The number of piperazine rings is 1. The van der Waals surface area contributed by atoms with Crippen LogP contribution in [0.4, 0.5) is 0 Å². The quantitative estimate of drug-likeness (QED) is 0.546. The first-order valence-electron chi connectivity index (χ1n) is 11.2. The fourth-order valence-electron chi connectivity index (χ4n) is 3.85. The first-order valence-corrected chi connectivity index (χ1v) is 12.1. The number of hydrogen-bond acceptors (Lipinski definition) is 7. The lowest BCUT2D eigenvalue weighted by Gasteiger charge is -2.36. The highest BCUT2D eigenvalue weighted by Gasteiger charge is 2.30. The fraction of sp³-hybridized carbons (Fsp3) is 0.417. The zero-order valence-electron chi connectivity index (χ0n) is 18.9. The SMILES string of the molecule is CC(C)CC(=O)NC(C(=O)N1CCN(Cc2nc(-c3cccs3)no2)CC1)c1ccccc1. The molecule has 33 heavy (non-hydrogen) atoms. The van der Waals surface area contributed by atoms with Crippen molar-refractivity contribution in [1.29, 1.82) is 0 Å². The third-order valence-electron chi connectivity index (χ3n) is 5.53. The Balaban J connectivity index is 1.36. The number of rotatable bonds is 8. The van der Waals surface area contributed by atoms with Gasteiger partial charge in [-0.2, -0.15) is 4.98 Å². The Kier molecular flexibility index (Phi) is 7.51. The van der Waals surface area contributed by atoms with Crippen LogP contribution in [-0.4, -0.2) is 57.9 Å². The summed E-state index contributed by atoms with van der Waals surface area (Å²) in [5.74, 6) is 1.22. The topological polar surface area (TPSA) is 91.6 Å². The third-order valence-corrected chi connectivity index (χ3v) is 6.40. The number of benzene rings is 1. The van der Waals surface area contributed by atoms with E-state index in [-0.39, 0.29) is 17.7 Å². The van der Waals surface area contributed by atoms with Gasteiger partial charge in [-0.1, -0.05) is 55.4 Å². The van der Waals surface area contributed by atoms with Crippen LogP contribution in [0, 0.1) is 5.92 Å². The van der Waals surface area contributed by atoms with Crippen molar-refractivity contribution in [1.82, 2.24) is 25.3 Å². The number of carbonyl (C=O) groups excluding carboxylic acids is 2. The summed E-state index contributed by atoms with van der Waals surface area (Å²) in [6.45, 7) is 7.08. The number of amides is 2. The molecule has 0 bridgehead atoms. The monoisotopic (exact) mass is 467 g/mol. The highest BCUT2D eigenvalue weighted by atomic mass is 32.1. The maximum atomic E-state index is 13.4. The number of aromatic nitrogens is 2. The van der Waals surface area contributed by atoms with Crippen LogP contribution in [0.3, 0.4) is 0 Å². The van der Waals surface area contributed by atoms with Gasteiger partial charge in [0.2, 0.25) is 23.5 Å². The first-order chi connectivity index (χ1) is 16.0. The molecule has 0 radical (unpaired) electrons. The molecule has 1 aromatic carbocycles. The molecule has 1 fully saturated rings. The van der Waals surface area contributed by atoms with Crippen LogP contribution >= 0.6 is 11.3 Å². The summed E-state index contributed by atoms with van der Waals surface area (Å²) in [7, 11) is 0. The van der Waals surface area contributed by atoms with Crippen molar-refractivity contribution in [2.75, 3.05) is 26.2 Å². The van der Waals surface area contributed by atoms with Gasteiger partial charge in [-0.15, -0.1) is 11.3 Å². The molecule has 1 saturated heterocycles. The predicted octanol–water partition coefficient (Wildman–Crippen LogP) is 3.35. The molecule has 174 valence electrons. The van der Waals surface area contributed by atoms with Crippen LogP contribution in [0.15, 0.2) is 52.4 Å². The Labute approximate surface area is 197 Å². The molecule has 3 heterocycles. The smallest absolute Gasteiger partial charge is 0.249 e. The van der Waals surface area contributed by atoms with E-state index < -0.39 is 6.04 Å². The van der Waals surface area contributed by atoms with Gasteiger partial charge in [0, 0.05) is 32.6 Å². The highest BCUT2D eigenvalue weighted by Crippen LogP contribution is 2.22. The average molecular weight is 468 g/mol. The molecule has 1 atom stereocenters. The van der Waals surface area contributed by atoms with E-state index in [0.29, 0.717) is 50.9 Å². The molecular weight excluding hydrogens is 438 g/mol. The second-order valence-electron chi connectivity index (χ2n) is 8.60. The van der Waals surface area contributed by atoms with Crippen molar-refractivity contribution in [2.45, 2.75) is 32.9 Å². The van der Waals surface area contributed by atoms with Crippen LogP contribution in [0.25, 0.3) is 10.7 Å². The van der Waals surface area contributed by atoms with E-state index in [1.54, 1.807) is 11.3 Å². The van der Waals surface area contributed by atoms with Crippen LogP contribution < -0.4 is 5.32 Å². The summed E-state index contributed by atoms with van der Waals surface area (Å²) >= 11 is 1.57. The predicted molar refractivity (Wildman–Crippen MR) is 126 cm³/mol. The van der Waals surface area contributed by atoms with Gasteiger partial charge in [-0.25, -0.2) is 0 Å². The van der Waals surface area contributed by atoms with E-state index in [2.05, 4.69) is 20.4 Å². The van der Waals surface area contributed by atoms with Crippen molar-refractivity contribution in [3.05, 3.63) is 59.3 Å². The van der Waals surface area contributed by atoms with Crippen molar-refractivity contribution in [3.8, 4) is 10.7 Å². The molecule has 1 aliphatic heterocycles. The Hall–Kier alpha value is -3.04. The molecule has 1 N–H and O–H groups in total. The summed E-state index contributed by atoms with van der Waals surface area (Å²) in [5.41, 5.74) is 0.800. The zero-order valence-corrected chi connectivity index (χ0v) is 19.8. The Morgan fingerprint density at radius 3 is 2.52 bits per heavy atom. The standard InChI is InChI=1S/C24H29N5O3S/c1-17(2)15-20(30)25-22(18-7-4-3-5-8-18)24(31)29-12-10-28(11-13-29)16-21-26-23(27-32-21)19-9-6-14-33-19/h3-9,14,17,22H,10-13,15-16H2,1-2H3,(H,25,30). The fourth-order valence-corrected chi connectivity index (χ4v) is 4.50. The molecule has 1 unspecified atom stereocenters. The first kappa shape index (κ1) is 23.1. The van der Waals surface area contributed by atoms with Crippen molar-refractivity contribution < 1.29 is 14.1 Å². The number of nitrogens with zero attached hydrogens (tertiary/aromatic N) is 4. The summed E-state index contributed by atoms with van der Waals surface area (Å²) < 4.78 is 5.41. The average Bonchev–Trinajstić information content (AvgIpc) is 3.50. The van der Waals surface area contributed by atoms with Gasteiger partial charge in [0.1, 0.15) is 6.04 Å². The van der Waals surface area contributed by atoms with Gasteiger partial charge in [0.05, 0.1) is 11.4 Å². The number of nitrogens with one attached hydrogen (secondary N) is 1. The minimum Gasteiger partial charge on any atom is -0.341 e. The molecule has 0 aliphatic carbocycles. The molecular formula is C24H29N5O3S. The minimum atomic E-state index is -0.673. The van der Waals surface area contributed by atoms with Crippen LogP contribution in [0.2, 0.25) is 0 Å². The van der Waals surface area contributed by atoms with Gasteiger partial charge in [0.25, 0.3) is 0 Å². The van der Waals surface area contributed by atoms with E-state index in [0.717, 1.165) is 10.4 Å². The van der Waals surface area contributed by atoms with Gasteiger partial charge in [0.15, 0.2) is 0 Å². The molecule has 2 amide bonds. The highest BCUT2D eigenvalue weighted by molar-refractivity contribution is 7.13. The molecule has 0 spiro atoms. The summed E-state index contributed by atoms with van der Waals surface area (Å²) in [6.07, 6.45) is 0.391. The molecule has 3 aromatic rings. The Bertz CT molecular complexity index is 1040. The lowest BCUT2D eigenvalue weighted by molar-refractivity contribution is -0.138. The lowest BCUT2D eigenvalue weighted by Crippen LogP contribution is -2.51. The zero-order chi connectivity index (χ0) is 23.2. The normalized spacial score (nSPS) is 15.5. The van der Waals surface area contributed by atoms with Crippen LogP contribution in [0.5, 0.6) is 0 Å². The Morgan fingerprint density at radius 1 is 1.09 bits per heavy atom. The van der Waals surface area contributed by atoms with Crippen molar-refractivity contribution >= 4 is 23.2 Å². The number of carbonyl (C=O) groups is 2. The molecule has 8 nitrogen and oxygen atoms in total. The lowest BCUT2D eigenvalue weighted by atomic mass is 10.0. The van der Waals surface area contributed by atoms with E-state index in [9.17, 15) is 9.59 Å². The summed E-state index contributed by atoms with van der Waals surface area (Å²) in [4.78, 5) is 35.3. The van der Waals surface area contributed by atoms with Crippen molar-refractivity contribution in [2.24, 2.45) is 5.92 Å². The molecule has 2 aromatic heterocycles. The van der Waals surface area contributed by atoms with Crippen molar-refractivity contribution in [3.63, 3.8) is 0 Å². The molecule has 4 rings (SSSR count). The second kappa shape index (κ2) is 10.7. The summed E-state index contributed by atoms with van der Waals surface area (Å²) in [6, 6.07) is 12.7. The molecule has 9 heteroatoms. The maximum absolute atomic E-state index is 13.4.